The molecule has 0 bridgehead atoms. The Labute approximate surface area is 106 Å². The maximum Gasteiger partial charge on any atom is 0.254 e. The van der Waals surface area contributed by atoms with Gasteiger partial charge in [-0.2, -0.15) is 0 Å². The van der Waals surface area contributed by atoms with Gasteiger partial charge in [-0.3, -0.25) is 9.59 Å². The molecule has 0 saturated carbocycles. The van der Waals surface area contributed by atoms with Crippen molar-refractivity contribution in [2.75, 3.05) is 5.32 Å². The van der Waals surface area contributed by atoms with Crippen LogP contribution in [-0.4, -0.2) is 17.9 Å². The highest BCUT2D eigenvalue weighted by atomic mass is 16.2. The topological polar surface area (TPSA) is 58.2 Å². The lowest BCUT2D eigenvalue weighted by Crippen LogP contribution is -2.40. The number of amides is 2. The number of fused-ring (bicyclic) bond motifs is 1. The van der Waals surface area contributed by atoms with Gasteiger partial charge in [-0.25, -0.2) is 0 Å². The largest absolute Gasteiger partial charge is 0.340 e. The molecule has 2 amide bonds. The van der Waals surface area contributed by atoms with Crippen LogP contribution < -0.4 is 10.6 Å². The second-order valence-electron chi connectivity index (χ2n) is 4.30. The number of aryl methyl sites for hydroxylation is 1. The summed E-state index contributed by atoms with van der Waals surface area (Å²) < 4.78 is 0. The number of benzene rings is 1. The van der Waals surface area contributed by atoms with Gasteiger partial charge >= 0.3 is 0 Å². The zero-order valence-corrected chi connectivity index (χ0v) is 10.3. The fourth-order valence-corrected chi connectivity index (χ4v) is 2.01. The fraction of sp³-hybridized carbons (Fsp3) is 0.286. The van der Waals surface area contributed by atoms with Crippen LogP contribution in [0.25, 0.3) is 0 Å². The molecule has 1 unspecified atom stereocenters. The lowest BCUT2D eigenvalue weighted by Gasteiger charge is -2.11. The molecule has 1 aliphatic rings. The SMILES string of the molecule is C#Cc1cc(C)cc2c1NC(=O)C(CC)NC2=O. The van der Waals surface area contributed by atoms with Gasteiger partial charge in [0.2, 0.25) is 5.91 Å². The van der Waals surface area contributed by atoms with Gasteiger partial charge < -0.3 is 10.6 Å². The van der Waals surface area contributed by atoms with Crippen LogP contribution in [0, 0.1) is 19.3 Å². The molecular formula is C14H14N2O2. The Balaban J connectivity index is 2.60. The van der Waals surface area contributed by atoms with Gasteiger partial charge in [0, 0.05) is 5.56 Å². The van der Waals surface area contributed by atoms with E-state index in [-0.39, 0.29) is 11.8 Å². The lowest BCUT2D eigenvalue weighted by molar-refractivity contribution is -0.117. The molecule has 0 aliphatic carbocycles. The molecule has 0 radical (unpaired) electrons. The molecular weight excluding hydrogens is 228 g/mol. The van der Waals surface area contributed by atoms with Gasteiger partial charge in [0.25, 0.3) is 5.91 Å². The molecule has 0 spiro atoms. The van der Waals surface area contributed by atoms with Crippen LogP contribution in [0.5, 0.6) is 0 Å². The maximum atomic E-state index is 12.1. The molecule has 1 aromatic rings. The first-order valence-corrected chi connectivity index (χ1v) is 5.79. The molecule has 1 heterocycles. The predicted octanol–water partition coefficient (Wildman–Crippen LogP) is 1.44. The first kappa shape index (κ1) is 12.2. The van der Waals surface area contributed by atoms with Crippen molar-refractivity contribution in [3.63, 3.8) is 0 Å². The van der Waals surface area contributed by atoms with E-state index in [0.717, 1.165) is 5.56 Å². The molecule has 0 fully saturated rings. The quantitative estimate of drug-likeness (QED) is 0.732. The summed E-state index contributed by atoms with van der Waals surface area (Å²) in [7, 11) is 0. The van der Waals surface area contributed by atoms with Crippen molar-refractivity contribution in [1.29, 1.82) is 0 Å². The molecule has 2 N–H and O–H groups in total. The minimum Gasteiger partial charge on any atom is -0.340 e. The Morgan fingerprint density at radius 2 is 2.11 bits per heavy atom. The first-order chi connectivity index (χ1) is 8.56. The summed E-state index contributed by atoms with van der Waals surface area (Å²) in [5.74, 6) is 2.00. The second kappa shape index (κ2) is 4.53. The van der Waals surface area contributed by atoms with Gasteiger partial charge in [-0.1, -0.05) is 12.8 Å². The highest BCUT2D eigenvalue weighted by Gasteiger charge is 2.27. The van der Waals surface area contributed by atoms with E-state index in [9.17, 15) is 9.59 Å². The van der Waals surface area contributed by atoms with E-state index in [1.54, 1.807) is 12.1 Å². The van der Waals surface area contributed by atoms with E-state index in [4.69, 9.17) is 6.42 Å². The van der Waals surface area contributed by atoms with Crippen molar-refractivity contribution in [2.24, 2.45) is 0 Å². The smallest absolute Gasteiger partial charge is 0.254 e. The number of terminal acetylenes is 1. The standard InChI is InChI=1S/C14H14N2O2/c1-4-9-6-8(3)7-10-12(9)16-14(18)11(5-2)15-13(10)17/h1,6-7,11H,5H2,2-3H3,(H,15,17)(H,16,18). The van der Waals surface area contributed by atoms with Crippen LogP contribution in [0.3, 0.4) is 0 Å². The summed E-state index contributed by atoms with van der Waals surface area (Å²) in [5.41, 5.74) is 2.28. The summed E-state index contributed by atoms with van der Waals surface area (Å²) in [6, 6.07) is 2.98. The molecule has 1 aromatic carbocycles. The Bertz CT molecular complexity index is 570. The number of carbonyl (C=O) groups excluding carboxylic acids is 2. The van der Waals surface area contributed by atoms with Crippen molar-refractivity contribution < 1.29 is 9.59 Å². The van der Waals surface area contributed by atoms with Crippen molar-refractivity contribution in [3.8, 4) is 12.3 Å². The summed E-state index contributed by atoms with van der Waals surface area (Å²) in [6.07, 6.45) is 5.96. The average molecular weight is 242 g/mol. The van der Waals surface area contributed by atoms with E-state index in [0.29, 0.717) is 23.2 Å². The Kier molecular flexibility index (Phi) is 3.07. The van der Waals surface area contributed by atoms with E-state index < -0.39 is 6.04 Å². The molecule has 1 atom stereocenters. The van der Waals surface area contributed by atoms with Gasteiger partial charge in [0.15, 0.2) is 0 Å². The first-order valence-electron chi connectivity index (χ1n) is 5.79. The lowest BCUT2D eigenvalue weighted by atomic mass is 10.0. The van der Waals surface area contributed by atoms with Gasteiger partial charge in [-0.05, 0) is 31.0 Å². The van der Waals surface area contributed by atoms with E-state index in [2.05, 4.69) is 16.6 Å². The van der Waals surface area contributed by atoms with Gasteiger partial charge in [-0.15, -0.1) is 6.42 Å². The van der Waals surface area contributed by atoms with Crippen molar-refractivity contribution >= 4 is 17.5 Å². The van der Waals surface area contributed by atoms with Crippen LogP contribution in [-0.2, 0) is 4.79 Å². The van der Waals surface area contributed by atoms with E-state index in [1.807, 2.05) is 13.8 Å². The monoisotopic (exact) mass is 242 g/mol. The highest BCUT2D eigenvalue weighted by Crippen LogP contribution is 2.25. The van der Waals surface area contributed by atoms with Gasteiger partial charge in [0.1, 0.15) is 6.04 Å². The third-order valence-corrected chi connectivity index (χ3v) is 2.96. The molecule has 2 rings (SSSR count). The van der Waals surface area contributed by atoms with Crippen LogP contribution in [0.2, 0.25) is 0 Å². The van der Waals surface area contributed by atoms with Crippen LogP contribution in [0.1, 0.15) is 34.8 Å². The summed E-state index contributed by atoms with van der Waals surface area (Å²) >= 11 is 0. The minimum absolute atomic E-state index is 0.232. The van der Waals surface area contributed by atoms with E-state index >= 15 is 0 Å². The van der Waals surface area contributed by atoms with Crippen molar-refractivity contribution in [2.45, 2.75) is 26.3 Å². The number of rotatable bonds is 1. The number of hydrogen-bond donors (Lipinski definition) is 2. The number of carbonyl (C=O) groups is 2. The summed E-state index contributed by atoms with van der Waals surface area (Å²) in [5, 5.41) is 5.43. The van der Waals surface area contributed by atoms with Gasteiger partial charge in [0.05, 0.1) is 11.3 Å². The summed E-state index contributed by atoms with van der Waals surface area (Å²) in [4.78, 5) is 24.0. The molecule has 18 heavy (non-hydrogen) atoms. The van der Waals surface area contributed by atoms with Crippen LogP contribution >= 0.6 is 0 Å². The maximum absolute atomic E-state index is 12.1. The second-order valence-corrected chi connectivity index (χ2v) is 4.30. The average Bonchev–Trinajstić information content (AvgIpc) is 2.47. The number of nitrogens with one attached hydrogen (secondary N) is 2. The van der Waals surface area contributed by atoms with Crippen LogP contribution in [0.4, 0.5) is 5.69 Å². The molecule has 0 saturated heterocycles. The Hall–Kier alpha value is -2.28. The molecule has 0 aromatic heterocycles. The molecule has 4 heteroatoms. The summed E-state index contributed by atoms with van der Waals surface area (Å²) in [6.45, 7) is 3.70. The zero-order valence-electron chi connectivity index (χ0n) is 10.3. The number of hydrogen-bond acceptors (Lipinski definition) is 2. The zero-order chi connectivity index (χ0) is 13.3. The third kappa shape index (κ3) is 1.95. The van der Waals surface area contributed by atoms with E-state index in [1.165, 1.54) is 0 Å². The Morgan fingerprint density at radius 1 is 1.39 bits per heavy atom. The third-order valence-electron chi connectivity index (χ3n) is 2.96. The molecule has 92 valence electrons. The predicted molar refractivity (Wildman–Crippen MR) is 69.3 cm³/mol. The van der Waals surface area contributed by atoms with Crippen molar-refractivity contribution in [1.82, 2.24) is 5.32 Å². The van der Waals surface area contributed by atoms with Crippen molar-refractivity contribution in [3.05, 3.63) is 28.8 Å². The Morgan fingerprint density at radius 3 is 2.72 bits per heavy atom. The molecule has 1 aliphatic heterocycles. The fourth-order valence-electron chi connectivity index (χ4n) is 2.01. The number of anilines is 1. The normalized spacial score (nSPS) is 18.2. The highest BCUT2D eigenvalue weighted by molar-refractivity contribution is 6.11. The van der Waals surface area contributed by atoms with Crippen LogP contribution in [0.15, 0.2) is 12.1 Å². The minimum atomic E-state index is -0.518. The molecule has 4 nitrogen and oxygen atoms in total.